The topological polar surface area (TPSA) is 278 Å². The first kappa shape index (κ1) is 52.2. The number of imide groups is 1. The summed E-state index contributed by atoms with van der Waals surface area (Å²) in [5, 5.41) is 15.7. The van der Waals surface area contributed by atoms with Gasteiger partial charge in [0.05, 0.1) is 17.1 Å². The van der Waals surface area contributed by atoms with Crippen LogP contribution in [0.1, 0.15) is 119 Å². The molecule has 0 aliphatic carbocycles. The molecule has 0 saturated carbocycles. The van der Waals surface area contributed by atoms with Crippen molar-refractivity contribution in [1.82, 2.24) is 34.9 Å². The average molecular weight is 964 g/mol. The van der Waals surface area contributed by atoms with Crippen LogP contribution >= 0.6 is 0 Å². The Morgan fingerprint density at radius 3 is 2.09 bits per heavy atom. The zero-order valence-electron chi connectivity index (χ0n) is 39.8. The molecule has 8 N–H and O–H groups in total. The van der Waals surface area contributed by atoms with Crippen LogP contribution in [0.2, 0.25) is 0 Å². The zero-order chi connectivity index (χ0) is 50.5. The fourth-order valence-corrected chi connectivity index (χ4v) is 9.83. The number of rotatable bonds is 18. The van der Waals surface area contributed by atoms with Crippen molar-refractivity contribution in [3.8, 4) is 0 Å². The molecule has 1 unspecified atom stereocenters. The monoisotopic (exact) mass is 963 g/mol. The van der Waals surface area contributed by atoms with Gasteiger partial charge in [0.2, 0.25) is 41.4 Å². The minimum atomic E-state index is -1.11. The summed E-state index contributed by atoms with van der Waals surface area (Å²) in [6, 6.07) is 19.9. The molecule has 3 aliphatic rings. The molecule has 3 saturated heterocycles. The fourth-order valence-electron chi connectivity index (χ4n) is 9.83. The molecule has 4 aromatic rings. The summed E-state index contributed by atoms with van der Waals surface area (Å²) in [5.74, 6) is -3.75. The third kappa shape index (κ3) is 13.1. The molecule has 3 fully saturated rings. The first-order valence-electron chi connectivity index (χ1n) is 24.1. The molecule has 5 atom stereocenters. The number of piperidine rings is 1. The van der Waals surface area contributed by atoms with Crippen molar-refractivity contribution in [2.45, 2.75) is 133 Å². The van der Waals surface area contributed by atoms with E-state index in [2.05, 4.69) is 16.0 Å². The molecule has 374 valence electrons. The van der Waals surface area contributed by atoms with E-state index in [4.69, 9.17) is 21.4 Å². The van der Waals surface area contributed by atoms with Gasteiger partial charge in [0.15, 0.2) is 0 Å². The number of nitrogens with two attached hydrogens (primary N) is 2. The van der Waals surface area contributed by atoms with Gasteiger partial charge in [0, 0.05) is 52.4 Å². The Balaban J connectivity index is 0.00000193. The predicted octanol–water partition coefficient (Wildman–Crippen LogP) is 2.87. The number of para-hydroxylation sites is 1. The van der Waals surface area contributed by atoms with Crippen LogP contribution in [0, 0.1) is 0 Å². The maximum atomic E-state index is 14.0. The van der Waals surface area contributed by atoms with Gasteiger partial charge >= 0.3 is 5.69 Å². The third-order valence-electron chi connectivity index (χ3n) is 13.3. The normalized spacial score (nSPS) is 19.6. The van der Waals surface area contributed by atoms with Crippen LogP contribution in [0.4, 0.5) is 0 Å². The number of unbranched alkanes of at least 4 members (excludes halogenated alkanes) is 4. The van der Waals surface area contributed by atoms with Gasteiger partial charge in [-0.15, -0.1) is 0 Å². The Morgan fingerprint density at radius 1 is 0.800 bits per heavy atom. The first-order chi connectivity index (χ1) is 33.5. The number of primary amides is 1. The van der Waals surface area contributed by atoms with Crippen molar-refractivity contribution in [3.63, 3.8) is 0 Å². The van der Waals surface area contributed by atoms with E-state index >= 15 is 0 Å². The SMILES string of the molecule is CC(=O)O.Cn1c(=O)n(C2CCC(=O)NC2=O)c2cccc(CCCCCCCC(=O)N3CC[C@H]4CC[C@@H](C(=O)N[C@@H](CCC(N)=O)C(=O)NC(c5ccccc5)c5ccccc5)N4C(=O)[C@@H](N)C3)c21. The number of benzene rings is 3. The van der Waals surface area contributed by atoms with Crippen molar-refractivity contribution >= 4 is 58.4 Å². The number of carbonyl (C=O) groups is 8. The highest BCUT2D eigenvalue weighted by molar-refractivity contribution is 6.00. The summed E-state index contributed by atoms with van der Waals surface area (Å²) < 4.78 is 3.07. The van der Waals surface area contributed by atoms with Crippen molar-refractivity contribution in [1.29, 1.82) is 0 Å². The van der Waals surface area contributed by atoms with Gasteiger partial charge in [-0.1, -0.05) is 92.1 Å². The van der Waals surface area contributed by atoms with Gasteiger partial charge < -0.3 is 37.0 Å². The first-order valence-corrected chi connectivity index (χ1v) is 24.1. The number of amides is 7. The highest BCUT2D eigenvalue weighted by Gasteiger charge is 2.45. The van der Waals surface area contributed by atoms with E-state index < -0.39 is 65.7 Å². The lowest BCUT2D eigenvalue weighted by atomic mass is 9.98. The van der Waals surface area contributed by atoms with Crippen LogP contribution in [0.5, 0.6) is 0 Å². The van der Waals surface area contributed by atoms with E-state index in [1.54, 1.807) is 16.5 Å². The highest BCUT2D eigenvalue weighted by atomic mass is 16.4. The van der Waals surface area contributed by atoms with E-state index in [9.17, 15) is 38.4 Å². The minimum absolute atomic E-state index is 0.0263. The maximum Gasteiger partial charge on any atom is 0.329 e. The molecule has 19 nitrogen and oxygen atoms in total. The second kappa shape index (κ2) is 24.4. The van der Waals surface area contributed by atoms with Crippen LogP contribution in [0.15, 0.2) is 83.7 Å². The Hall–Kier alpha value is -7.15. The lowest BCUT2D eigenvalue weighted by Gasteiger charge is -2.37. The van der Waals surface area contributed by atoms with E-state index in [1.165, 1.54) is 9.47 Å². The molecule has 1 aromatic heterocycles. The number of carboxylic acid groups (broad SMARTS) is 1. The molecular weight excluding hydrogens is 899 g/mol. The number of aliphatic carboxylic acids is 1. The number of carbonyl (C=O) groups excluding carboxylic acids is 7. The zero-order valence-corrected chi connectivity index (χ0v) is 39.8. The van der Waals surface area contributed by atoms with Crippen molar-refractivity contribution in [2.24, 2.45) is 18.5 Å². The standard InChI is InChI=1S/C49H61N9O8.C2H4O2/c1-55-44-33(19-13-20-37(44)58(49(55)66)39-25-27-41(60)53-47(39)64)18-7-3-2-4-12-21-42(61)56-29-28-34-22-24-38(57(34)48(65)35(50)30-56)46(63)52-36(23-26-40(51)59)45(62)54-43(31-14-8-5-9-15-31)32-16-10-6-11-17-32;1-2(3)4/h5-6,8-11,13-17,19-20,34-36,38-39,43H,2-4,7,12,18,21-30,50H2,1H3,(H2,51,59)(H,52,63)(H,54,62)(H,53,60,64);1H3,(H,3,4)/t34-,35+,36+,38+,39?;/m1./s1. The molecule has 4 heterocycles. The number of aromatic nitrogens is 2. The van der Waals surface area contributed by atoms with Gasteiger partial charge in [-0.05, 0) is 74.1 Å². The number of nitrogens with zero attached hydrogens (tertiary/aromatic N) is 4. The van der Waals surface area contributed by atoms with Crippen LogP contribution in [0.3, 0.4) is 0 Å². The van der Waals surface area contributed by atoms with E-state index in [0.29, 0.717) is 44.2 Å². The highest BCUT2D eigenvalue weighted by Crippen LogP contribution is 2.31. The molecule has 3 aromatic carbocycles. The number of hydrogen-bond acceptors (Lipinski definition) is 10. The maximum absolute atomic E-state index is 14.0. The third-order valence-corrected chi connectivity index (χ3v) is 13.3. The van der Waals surface area contributed by atoms with Crippen LogP contribution < -0.4 is 33.1 Å². The average Bonchev–Trinajstić information content (AvgIpc) is 3.87. The predicted molar refractivity (Wildman–Crippen MR) is 259 cm³/mol. The number of imidazole rings is 1. The number of aryl methyl sites for hydroxylation is 2. The van der Waals surface area contributed by atoms with Gasteiger partial charge in [0.25, 0.3) is 5.97 Å². The van der Waals surface area contributed by atoms with E-state index in [-0.39, 0.29) is 55.8 Å². The van der Waals surface area contributed by atoms with Crippen molar-refractivity contribution < 1.29 is 43.5 Å². The summed E-state index contributed by atoms with van der Waals surface area (Å²) in [7, 11) is 1.70. The smallest absolute Gasteiger partial charge is 0.329 e. The lowest BCUT2D eigenvalue weighted by molar-refractivity contribution is -0.145. The molecule has 7 rings (SSSR count). The molecule has 3 aliphatic heterocycles. The molecule has 0 bridgehead atoms. The molecule has 0 spiro atoms. The summed E-state index contributed by atoms with van der Waals surface area (Å²) >= 11 is 0. The van der Waals surface area contributed by atoms with Gasteiger partial charge in [0.1, 0.15) is 24.2 Å². The van der Waals surface area contributed by atoms with Crippen molar-refractivity contribution in [2.75, 3.05) is 13.1 Å². The largest absolute Gasteiger partial charge is 0.481 e. The minimum Gasteiger partial charge on any atom is -0.481 e. The van der Waals surface area contributed by atoms with Crippen LogP contribution in [0.25, 0.3) is 11.0 Å². The molecule has 7 amide bonds. The Bertz CT molecular complexity index is 2550. The fraction of sp³-hybridized carbons (Fsp3) is 0.471. The molecule has 19 heteroatoms. The summed E-state index contributed by atoms with van der Waals surface area (Å²) in [4.78, 5) is 117. The van der Waals surface area contributed by atoms with Crippen molar-refractivity contribution in [3.05, 3.63) is 106 Å². The summed E-state index contributed by atoms with van der Waals surface area (Å²) in [5.41, 5.74) is 15.8. The van der Waals surface area contributed by atoms with Crippen LogP contribution in [-0.2, 0) is 51.8 Å². The molecule has 70 heavy (non-hydrogen) atoms. The van der Waals surface area contributed by atoms with Crippen LogP contribution in [-0.4, -0.2) is 109 Å². The van der Waals surface area contributed by atoms with E-state index in [1.807, 2.05) is 78.9 Å². The summed E-state index contributed by atoms with van der Waals surface area (Å²) in [6.07, 6.45) is 6.90. The van der Waals surface area contributed by atoms with Gasteiger partial charge in [-0.3, -0.25) is 52.8 Å². The lowest BCUT2D eigenvalue weighted by Crippen LogP contribution is -2.60. The second-order valence-electron chi connectivity index (χ2n) is 18.3. The number of nitrogens with one attached hydrogen (secondary N) is 3. The number of carboxylic acids is 1. The van der Waals surface area contributed by atoms with Gasteiger partial charge in [-0.25, -0.2) is 4.79 Å². The number of fused-ring (bicyclic) bond motifs is 2. The number of hydrogen-bond donors (Lipinski definition) is 6. The van der Waals surface area contributed by atoms with Gasteiger partial charge in [-0.2, -0.15) is 0 Å². The summed E-state index contributed by atoms with van der Waals surface area (Å²) in [6.45, 7) is 1.50. The second-order valence-corrected chi connectivity index (χ2v) is 18.3. The van der Waals surface area contributed by atoms with E-state index in [0.717, 1.165) is 61.2 Å². The Kier molecular flexibility index (Phi) is 18.2. The Morgan fingerprint density at radius 2 is 1.44 bits per heavy atom. The Labute approximate surface area is 406 Å². The quantitative estimate of drug-likeness (QED) is 0.0623. The molecular formula is C51H65N9O10. The molecule has 0 radical (unpaired) electrons.